The topological polar surface area (TPSA) is 46.9 Å². The van der Waals surface area contributed by atoms with Crippen molar-refractivity contribution in [1.29, 1.82) is 0 Å². The molecule has 0 radical (unpaired) electrons. The van der Waals surface area contributed by atoms with E-state index < -0.39 is 18.0 Å². The van der Waals surface area contributed by atoms with Gasteiger partial charge in [0.05, 0.1) is 5.56 Å². The first-order valence-electron chi connectivity index (χ1n) is 8.40. The van der Waals surface area contributed by atoms with Crippen LogP contribution in [-0.2, 0) is 17.9 Å². The van der Waals surface area contributed by atoms with E-state index in [9.17, 15) is 18.0 Å². The molecule has 7 heteroatoms. The lowest BCUT2D eigenvalue weighted by atomic mass is 9.81. The van der Waals surface area contributed by atoms with Gasteiger partial charge in [0.2, 0.25) is 0 Å². The summed E-state index contributed by atoms with van der Waals surface area (Å²) in [6.07, 6.45) is -0.879. The van der Waals surface area contributed by atoms with E-state index in [4.69, 9.17) is 0 Å². The number of amides is 1. The number of hydrogen-bond donors (Lipinski definition) is 1. The number of anilines is 1. The van der Waals surface area contributed by atoms with Crippen LogP contribution < -0.4 is 5.32 Å². The number of aromatic nitrogens is 2. The number of rotatable bonds is 3. The molecular formula is C19H22F3N3O. The van der Waals surface area contributed by atoms with Crippen LogP contribution in [0.2, 0.25) is 0 Å². The van der Waals surface area contributed by atoms with Crippen LogP contribution in [0.5, 0.6) is 0 Å². The Bertz CT molecular complexity index is 884. The van der Waals surface area contributed by atoms with Crippen molar-refractivity contribution in [2.24, 2.45) is 7.05 Å². The predicted octanol–water partition coefficient (Wildman–Crippen LogP) is 4.71. The number of nitrogens with zero attached hydrogens (tertiary/aromatic N) is 2. The molecule has 1 aromatic heterocycles. The number of fused-ring (bicyclic) bond motifs is 1. The third-order valence-electron chi connectivity index (χ3n) is 4.95. The third-order valence-corrected chi connectivity index (χ3v) is 4.95. The summed E-state index contributed by atoms with van der Waals surface area (Å²) >= 11 is 0. The number of hydrogen-bond acceptors (Lipinski definition) is 2. The predicted molar refractivity (Wildman–Crippen MR) is 93.2 cm³/mol. The second-order valence-electron chi connectivity index (χ2n) is 8.15. The standard InChI is InChI=1S/C19H22F3N3O/c1-18(2)9-19(3,4)14-12(7-6-11(20)13(14)18)23-17(26)10-8-25(5)24-15(10)16(21)22/h6-8,16H,9H2,1-5H3,(H,23,26). The van der Waals surface area contributed by atoms with E-state index in [0.717, 1.165) is 5.56 Å². The number of aryl methyl sites for hydroxylation is 1. The van der Waals surface area contributed by atoms with Crippen LogP contribution in [0.1, 0.15) is 67.7 Å². The van der Waals surface area contributed by atoms with Gasteiger partial charge in [-0.25, -0.2) is 13.2 Å². The highest BCUT2D eigenvalue weighted by Gasteiger charge is 2.45. The van der Waals surface area contributed by atoms with E-state index >= 15 is 0 Å². The van der Waals surface area contributed by atoms with Gasteiger partial charge in [-0.2, -0.15) is 5.10 Å². The number of benzene rings is 1. The first-order chi connectivity index (χ1) is 11.9. The molecule has 0 saturated carbocycles. The fourth-order valence-corrected chi connectivity index (χ4v) is 4.36. The van der Waals surface area contributed by atoms with Crippen LogP contribution in [-0.4, -0.2) is 15.7 Å². The van der Waals surface area contributed by atoms with Gasteiger partial charge in [0.15, 0.2) is 0 Å². The first-order valence-corrected chi connectivity index (χ1v) is 8.40. The molecular weight excluding hydrogens is 343 g/mol. The molecule has 3 rings (SSSR count). The van der Waals surface area contributed by atoms with Crippen LogP contribution in [0, 0.1) is 5.82 Å². The van der Waals surface area contributed by atoms with Gasteiger partial charge in [-0.1, -0.05) is 27.7 Å². The molecule has 0 saturated heterocycles. The molecule has 0 bridgehead atoms. The number of halogens is 3. The Morgan fingerprint density at radius 1 is 1.19 bits per heavy atom. The second-order valence-corrected chi connectivity index (χ2v) is 8.15. The third kappa shape index (κ3) is 2.89. The molecule has 4 nitrogen and oxygen atoms in total. The van der Waals surface area contributed by atoms with Gasteiger partial charge in [-0.3, -0.25) is 9.48 Å². The average molecular weight is 365 g/mol. The van der Waals surface area contributed by atoms with Crippen molar-refractivity contribution in [1.82, 2.24) is 9.78 Å². The summed E-state index contributed by atoms with van der Waals surface area (Å²) in [5, 5.41) is 6.35. The highest BCUT2D eigenvalue weighted by molar-refractivity contribution is 6.05. The Morgan fingerprint density at radius 3 is 2.42 bits per heavy atom. The minimum absolute atomic E-state index is 0.185. The summed E-state index contributed by atoms with van der Waals surface area (Å²) in [6, 6.07) is 2.81. The highest BCUT2D eigenvalue weighted by Crippen LogP contribution is 2.52. The Labute approximate surface area is 150 Å². The number of alkyl halides is 2. The van der Waals surface area contributed by atoms with Crippen molar-refractivity contribution < 1.29 is 18.0 Å². The van der Waals surface area contributed by atoms with Gasteiger partial charge < -0.3 is 5.32 Å². The van der Waals surface area contributed by atoms with Gasteiger partial charge in [-0.15, -0.1) is 0 Å². The molecule has 0 atom stereocenters. The molecule has 140 valence electrons. The maximum atomic E-state index is 14.5. The van der Waals surface area contributed by atoms with E-state index in [2.05, 4.69) is 10.4 Å². The fraction of sp³-hybridized carbons (Fsp3) is 0.474. The van der Waals surface area contributed by atoms with Crippen molar-refractivity contribution in [2.75, 3.05) is 5.32 Å². The summed E-state index contributed by atoms with van der Waals surface area (Å²) in [5.41, 5.74) is 0.250. The van der Waals surface area contributed by atoms with E-state index in [1.807, 2.05) is 27.7 Å². The molecule has 2 aromatic rings. The zero-order valence-corrected chi connectivity index (χ0v) is 15.5. The molecule has 0 spiro atoms. The molecule has 0 unspecified atom stereocenters. The van der Waals surface area contributed by atoms with E-state index in [-0.39, 0.29) is 22.2 Å². The SMILES string of the molecule is Cn1cc(C(=O)Nc2ccc(F)c3c2C(C)(C)CC3(C)C)c(C(F)F)n1. The lowest BCUT2D eigenvalue weighted by molar-refractivity contribution is 0.101. The smallest absolute Gasteiger partial charge is 0.282 e. The van der Waals surface area contributed by atoms with Crippen molar-refractivity contribution in [3.05, 3.63) is 46.5 Å². The Balaban J connectivity index is 2.06. The summed E-state index contributed by atoms with van der Waals surface area (Å²) in [6.45, 7) is 7.91. The summed E-state index contributed by atoms with van der Waals surface area (Å²) in [4.78, 5) is 12.6. The van der Waals surface area contributed by atoms with Crippen LogP contribution >= 0.6 is 0 Å². The minimum atomic E-state index is -2.86. The molecule has 26 heavy (non-hydrogen) atoms. The van der Waals surface area contributed by atoms with Gasteiger partial charge in [-0.05, 0) is 40.5 Å². The maximum absolute atomic E-state index is 14.5. The Hall–Kier alpha value is -2.31. The lowest BCUT2D eigenvalue weighted by Gasteiger charge is -2.23. The largest absolute Gasteiger partial charge is 0.322 e. The van der Waals surface area contributed by atoms with E-state index in [1.54, 1.807) is 0 Å². The second kappa shape index (κ2) is 5.86. The van der Waals surface area contributed by atoms with E-state index in [0.29, 0.717) is 17.7 Å². The van der Waals surface area contributed by atoms with Gasteiger partial charge >= 0.3 is 0 Å². The van der Waals surface area contributed by atoms with Gasteiger partial charge in [0.25, 0.3) is 12.3 Å². The minimum Gasteiger partial charge on any atom is -0.322 e. The summed E-state index contributed by atoms with van der Waals surface area (Å²) in [5.74, 6) is -0.995. The quantitative estimate of drug-likeness (QED) is 0.856. The molecule has 1 aliphatic carbocycles. The molecule has 1 heterocycles. The lowest BCUT2D eigenvalue weighted by Crippen LogP contribution is -2.20. The van der Waals surface area contributed by atoms with Crippen LogP contribution in [0.3, 0.4) is 0 Å². The Kier molecular flexibility index (Phi) is 4.16. The van der Waals surface area contributed by atoms with Crippen molar-refractivity contribution in [3.63, 3.8) is 0 Å². The van der Waals surface area contributed by atoms with Gasteiger partial charge in [0, 0.05) is 18.9 Å². The molecule has 1 amide bonds. The fourth-order valence-electron chi connectivity index (χ4n) is 4.36. The monoisotopic (exact) mass is 365 g/mol. The van der Waals surface area contributed by atoms with Crippen LogP contribution in [0.4, 0.5) is 18.9 Å². The summed E-state index contributed by atoms with van der Waals surface area (Å²) < 4.78 is 42.0. The molecule has 1 aromatic carbocycles. The number of carbonyl (C=O) groups excluding carboxylic acids is 1. The van der Waals surface area contributed by atoms with Crippen LogP contribution in [0.15, 0.2) is 18.3 Å². The molecule has 1 aliphatic rings. The van der Waals surface area contributed by atoms with Crippen molar-refractivity contribution >= 4 is 11.6 Å². The Morgan fingerprint density at radius 2 is 1.81 bits per heavy atom. The van der Waals surface area contributed by atoms with Crippen LogP contribution in [0.25, 0.3) is 0 Å². The van der Waals surface area contributed by atoms with E-state index in [1.165, 1.54) is 30.1 Å². The zero-order chi connectivity index (χ0) is 19.4. The summed E-state index contributed by atoms with van der Waals surface area (Å²) in [7, 11) is 1.48. The molecule has 0 aliphatic heterocycles. The zero-order valence-electron chi connectivity index (χ0n) is 15.5. The average Bonchev–Trinajstić information content (AvgIpc) is 2.97. The highest BCUT2D eigenvalue weighted by atomic mass is 19.3. The van der Waals surface area contributed by atoms with Gasteiger partial charge in [0.1, 0.15) is 11.5 Å². The molecule has 0 fully saturated rings. The maximum Gasteiger partial charge on any atom is 0.282 e. The number of carbonyl (C=O) groups is 1. The van der Waals surface area contributed by atoms with Crippen molar-refractivity contribution in [3.8, 4) is 0 Å². The molecule has 1 N–H and O–H groups in total. The van der Waals surface area contributed by atoms with Crippen molar-refractivity contribution in [2.45, 2.75) is 51.4 Å². The number of nitrogens with one attached hydrogen (secondary N) is 1. The normalized spacial score (nSPS) is 17.4. The first kappa shape index (κ1) is 18.5.